The van der Waals surface area contributed by atoms with E-state index in [0.29, 0.717) is 10.6 Å². The van der Waals surface area contributed by atoms with Crippen LogP contribution in [0.15, 0.2) is 53.6 Å². The number of barbiturate groups is 1. The van der Waals surface area contributed by atoms with Gasteiger partial charge in [-0.1, -0.05) is 12.1 Å². The van der Waals surface area contributed by atoms with Crippen LogP contribution in [0, 0.1) is 11.7 Å². The van der Waals surface area contributed by atoms with E-state index in [1.165, 1.54) is 49.4 Å². The fourth-order valence-corrected chi connectivity index (χ4v) is 2.73. The smallest absolute Gasteiger partial charge is 0.326 e. The van der Waals surface area contributed by atoms with E-state index in [1.807, 2.05) is 5.32 Å². The van der Waals surface area contributed by atoms with E-state index in [-0.39, 0.29) is 17.2 Å². The Kier molecular flexibility index (Phi) is 6.15. The van der Waals surface area contributed by atoms with Crippen molar-refractivity contribution in [1.29, 1.82) is 0 Å². The molecular weight excluding hydrogens is 409 g/mol. The van der Waals surface area contributed by atoms with Crippen LogP contribution in [0.4, 0.5) is 20.6 Å². The molecule has 0 radical (unpaired) electrons. The third-order valence-corrected chi connectivity index (χ3v) is 4.15. The van der Waals surface area contributed by atoms with Crippen LogP contribution in [-0.4, -0.2) is 35.9 Å². The molecule has 0 unspecified atom stereocenters. The number of nitrogens with one attached hydrogen (secondary N) is 3. The first-order valence-corrected chi connectivity index (χ1v) is 8.92. The number of benzene rings is 2. The molecule has 1 aliphatic heterocycles. The second kappa shape index (κ2) is 8.95. The van der Waals surface area contributed by atoms with Crippen LogP contribution < -0.4 is 21.0 Å². The summed E-state index contributed by atoms with van der Waals surface area (Å²) in [7, 11) is 0. The molecule has 3 N–H and O–H groups in total. The highest BCUT2D eigenvalue weighted by Gasteiger charge is 2.41. The number of rotatable bonds is 5. The topological polar surface area (TPSA) is 137 Å². The lowest BCUT2D eigenvalue weighted by atomic mass is 10.1. The number of hydrogen-bond acceptors (Lipinski definition) is 6. The van der Waals surface area contributed by atoms with Crippen LogP contribution in [0.5, 0.6) is 0 Å². The maximum absolute atomic E-state index is 14.0. The van der Waals surface area contributed by atoms with Gasteiger partial charge in [0.05, 0.1) is 5.69 Å². The zero-order valence-electron chi connectivity index (χ0n) is 16.1. The van der Waals surface area contributed by atoms with Crippen molar-refractivity contribution in [2.24, 2.45) is 11.0 Å². The first-order valence-electron chi connectivity index (χ1n) is 8.92. The Bertz CT molecular complexity index is 1100. The molecule has 1 saturated heterocycles. The fourth-order valence-electron chi connectivity index (χ4n) is 2.73. The summed E-state index contributed by atoms with van der Waals surface area (Å²) in [5.41, 5.74) is 2.54. The first-order chi connectivity index (χ1) is 14.8. The molecule has 3 rings (SSSR count). The van der Waals surface area contributed by atoms with Crippen molar-refractivity contribution in [2.45, 2.75) is 6.92 Å². The molecule has 11 heteroatoms. The van der Waals surface area contributed by atoms with Gasteiger partial charge in [0.2, 0.25) is 11.8 Å². The normalized spacial score (nSPS) is 16.3. The zero-order valence-corrected chi connectivity index (χ0v) is 16.1. The molecule has 0 aromatic heterocycles. The summed E-state index contributed by atoms with van der Waals surface area (Å²) in [6, 6.07) is 9.89. The Morgan fingerprint density at radius 3 is 2.42 bits per heavy atom. The number of halogens is 1. The van der Waals surface area contributed by atoms with E-state index in [0.717, 1.165) is 12.3 Å². The average molecular weight is 425 g/mol. The second-order valence-corrected chi connectivity index (χ2v) is 6.37. The molecule has 1 heterocycles. The number of hydrazone groups is 1. The van der Waals surface area contributed by atoms with E-state index in [1.54, 1.807) is 0 Å². The highest BCUT2D eigenvalue weighted by molar-refractivity contribution is 6.32. The lowest BCUT2D eigenvalue weighted by Gasteiger charge is -2.28. The van der Waals surface area contributed by atoms with E-state index < -0.39 is 35.5 Å². The minimum atomic E-state index is -1.56. The molecule has 0 aliphatic carbocycles. The Morgan fingerprint density at radius 1 is 1.10 bits per heavy atom. The Balaban J connectivity index is 1.70. The molecule has 1 fully saturated rings. The highest BCUT2D eigenvalue weighted by Crippen LogP contribution is 2.23. The number of imide groups is 2. The summed E-state index contributed by atoms with van der Waals surface area (Å²) in [4.78, 5) is 60.4. The summed E-state index contributed by atoms with van der Waals surface area (Å²) in [6.45, 7) is 1.35. The summed E-state index contributed by atoms with van der Waals surface area (Å²) in [6.07, 6.45) is 0.849. The van der Waals surface area contributed by atoms with Gasteiger partial charge in [-0.2, -0.15) is 5.10 Å². The number of hydrogen-bond donors (Lipinski definition) is 3. The lowest BCUT2D eigenvalue weighted by Crippen LogP contribution is -2.59. The number of anilines is 2. The monoisotopic (exact) mass is 425 g/mol. The Hall–Kier alpha value is -4.41. The Morgan fingerprint density at radius 2 is 1.77 bits per heavy atom. The summed E-state index contributed by atoms with van der Waals surface area (Å²) in [5.74, 6) is -5.26. The number of carbonyl (C=O) groups excluding carboxylic acids is 5. The van der Waals surface area contributed by atoms with E-state index in [9.17, 15) is 28.4 Å². The third-order valence-electron chi connectivity index (χ3n) is 4.15. The van der Waals surface area contributed by atoms with Crippen molar-refractivity contribution in [2.75, 3.05) is 10.2 Å². The summed E-state index contributed by atoms with van der Waals surface area (Å²) < 4.78 is 14.0. The maximum Gasteiger partial charge on any atom is 0.335 e. The maximum atomic E-state index is 14.0. The van der Waals surface area contributed by atoms with Crippen LogP contribution in [0.1, 0.15) is 17.3 Å². The van der Waals surface area contributed by atoms with E-state index in [2.05, 4.69) is 15.8 Å². The van der Waals surface area contributed by atoms with E-state index >= 15 is 0 Å². The minimum Gasteiger partial charge on any atom is -0.326 e. The van der Waals surface area contributed by atoms with Gasteiger partial charge in [0.25, 0.3) is 11.8 Å². The molecule has 31 heavy (non-hydrogen) atoms. The van der Waals surface area contributed by atoms with Gasteiger partial charge in [0.15, 0.2) is 5.92 Å². The molecule has 2 aromatic carbocycles. The van der Waals surface area contributed by atoms with Crippen molar-refractivity contribution in [3.8, 4) is 0 Å². The number of nitrogens with zero attached hydrogens (tertiary/aromatic N) is 2. The van der Waals surface area contributed by atoms with Gasteiger partial charge in [-0.25, -0.2) is 19.5 Å². The molecule has 6 amide bonds. The highest BCUT2D eigenvalue weighted by atomic mass is 19.1. The Labute approximate surface area is 175 Å². The molecule has 0 spiro atoms. The van der Waals surface area contributed by atoms with E-state index in [4.69, 9.17) is 0 Å². The molecule has 0 saturated carbocycles. The zero-order chi connectivity index (χ0) is 22.5. The van der Waals surface area contributed by atoms with Crippen LogP contribution in [-0.2, 0) is 14.4 Å². The van der Waals surface area contributed by atoms with Crippen molar-refractivity contribution in [3.05, 3.63) is 59.9 Å². The standard InChI is InChI=1S/C20H16FN5O5/c1-11(27)23-13-8-6-12(7-9-13)17(28)25-22-10-14-18(29)24-20(31)26(19(14)30)16-5-3-2-4-15(16)21/h2-10,14H,1H3,(H,23,27)(H,25,28)(H,24,29,31)/b22-10-/t14-/m0/s1. The predicted octanol–water partition coefficient (Wildman–Crippen LogP) is 1.40. The summed E-state index contributed by atoms with van der Waals surface area (Å²) >= 11 is 0. The van der Waals surface area contributed by atoms with Crippen molar-refractivity contribution < 1.29 is 28.4 Å². The molecule has 2 aromatic rings. The van der Waals surface area contributed by atoms with Crippen LogP contribution in [0.3, 0.4) is 0 Å². The molecule has 0 bridgehead atoms. The van der Waals surface area contributed by atoms with Gasteiger partial charge in [0.1, 0.15) is 5.82 Å². The number of amides is 6. The molecular formula is C20H16FN5O5. The van der Waals surface area contributed by atoms with Crippen LogP contribution in [0.2, 0.25) is 0 Å². The van der Waals surface area contributed by atoms with Crippen molar-refractivity contribution in [1.82, 2.24) is 10.7 Å². The number of urea groups is 1. The molecule has 158 valence electrons. The predicted molar refractivity (Wildman–Crippen MR) is 108 cm³/mol. The van der Waals surface area contributed by atoms with Crippen molar-refractivity contribution >= 4 is 47.2 Å². The fraction of sp³-hybridized carbons (Fsp3) is 0.100. The van der Waals surface area contributed by atoms with Gasteiger partial charge in [0, 0.05) is 24.4 Å². The second-order valence-electron chi connectivity index (χ2n) is 6.37. The van der Waals surface area contributed by atoms with Gasteiger partial charge in [-0.3, -0.25) is 24.5 Å². The van der Waals surface area contributed by atoms with Gasteiger partial charge in [-0.05, 0) is 36.4 Å². The minimum absolute atomic E-state index is 0.203. The first kappa shape index (κ1) is 21.3. The van der Waals surface area contributed by atoms with Crippen LogP contribution >= 0.6 is 0 Å². The lowest BCUT2D eigenvalue weighted by molar-refractivity contribution is -0.131. The molecule has 1 aliphatic rings. The molecule has 10 nitrogen and oxygen atoms in total. The molecule has 1 atom stereocenters. The SMILES string of the molecule is CC(=O)Nc1ccc(C(=O)N/N=C\[C@H]2C(=O)NC(=O)N(c3ccccc3F)C2=O)cc1. The summed E-state index contributed by atoms with van der Waals surface area (Å²) in [5, 5.41) is 8.11. The van der Waals surface area contributed by atoms with Crippen LogP contribution in [0.25, 0.3) is 0 Å². The van der Waals surface area contributed by atoms with Gasteiger partial charge in [-0.15, -0.1) is 0 Å². The largest absolute Gasteiger partial charge is 0.335 e. The van der Waals surface area contributed by atoms with Crippen molar-refractivity contribution in [3.63, 3.8) is 0 Å². The number of carbonyl (C=O) groups is 5. The van der Waals surface area contributed by atoms with Gasteiger partial charge >= 0.3 is 6.03 Å². The quantitative estimate of drug-likeness (QED) is 0.378. The average Bonchev–Trinajstić information content (AvgIpc) is 2.71. The third kappa shape index (κ3) is 4.78. The number of para-hydroxylation sites is 1. The van der Waals surface area contributed by atoms with Gasteiger partial charge < -0.3 is 5.32 Å².